The molecule has 2 N–H and O–H groups in total. The van der Waals surface area contributed by atoms with E-state index in [1.54, 1.807) is 32.2 Å². The Morgan fingerprint density at radius 2 is 2.09 bits per heavy atom. The van der Waals surface area contributed by atoms with Gasteiger partial charge in [0, 0.05) is 10.9 Å². The maximum absolute atomic E-state index is 12.3. The van der Waals surface area contributed by atoms with Crippen LogP contribution in [0, 0.1) is 0 Å². The lowest BCUT2D eigenvalue weighted by molar-refractivity contribution is 0.0556. The predicted octanol–water partition coefficient (Wildman–Crippen LogP) is 2.40. The first-order valence-corrected chi connectivity index (χ1v) is 7.62. The molecule has 6 heteroatoms. The standard InChI is InChI=1S/C16H19NO4S/c1-16(19,14-5-4-8-22-14)10-17-15(18)12-7-6-11(20-2)9-13(12)21-3/h4-9,19H,10H2,1-3H3,(H,17,18). The zero-order chi connectivity index (χ0) is 16.2. The van der Waals surface area contributed by atoms with E-state index in [-0.39, 0.29) is 12.5 Å². The third-order valence-corrected chi connectivity index (χ3v) is 4.42. The molecule has 2 rings (SSSR count). The second-order valence-electron chi connectivity index (χ2n) is 5.00. The average molecular weight is 321 g/mol. The van der Waals surface area contributed by atoms with Crippen LogP contribution in [0.2, 0.25) is 0 Å². The molecular weight excluding hydrogens is 302 g/mol. The van der Waals surface area contributed by atoms with E-state index in [2.05, 4.69) is 5.32 Å². The maximum Gasteiger partial charge on any atom is 0.255 e. The van der Waals surface area contributed by atoms with Crippen molar-refractivity contribution in [2.24, 2.45) is 0 Å². The van der Waals surface area contributed by atoms with Crippen LogP contribution in [0.25, 0.3) is 0 Å². The molecule has 1 heterocycles. The predicted molar refractivity (Wildman–Crippen MR) is 85.8 cm³/mol. The molecule has 0 saturated heterocycles. The minimum atomic E-state index is -1.11. The molecule has 0 spiro atoms. The van der Waals surface area contributed by atoms with Gasteiger partial charge in [-0.05, 0) is 30.5 Å². The molecule has 1 aromatic carbocycles. The summed E-state index contributed by atoms with van der Waals surface area (Å²) >= 11 is 1.45. The van der Waals surface area contributed by atoms with E-state index in [0.29, 0.717) is 17.1 Å². The summed E-state index contributed by atoms with van der Waals surface area (Å²) in [5.41, 5.74) is -0.714. The number of amides is 1. The van der Waals surface area contributed by atoms with E-state index < -0.39 is 5.60 Å². The Balaban J connectivity index is 2.09. The normalized spacial score (nSPS) is 13.3. The number of carbonyl (C=O) groups is 1. The molecule has 22 heavy (non-hydrogen) atoms. The van der Waals surface area contributed by atoms with Crippen molar-refractivity contribution in [3.05, 3.63) is 46.2 Å². The number of hydrogen-bond donors (Lipinski definition) is 2. The molecule has 2 aromatic rings. The van der Waals surface area contributed by atoms with E-state index in [0.717, 1.165) is 4.88 Å². The van der Waals surface area contributed by atoms with Crippen LogP contribution in [0.3, 0.4) is 0 Å². The van der Waals surface area contributed by atoms with Gasteiger partial charge in [-0.2, -0.15) is 0 Å². The highest BCUT2D eigenvalue weighted by molar-refractivity contribution is 7.10. The van der Waals surface area contributed by atoms with Gasteiger partial charge in [-0.15, -0.1) is 11.3 Å². The average Bonchev–Trinajstić information content (AvgIpc) is 3.07. The van der Waals surface area contributed by atoms with E-state index in [1.807, 2.05) is 17.5 Å². The topological polar surface area (TPSA) is 67.8 Å². The fourth-order valence-electron chi connectivity index (χ4n) is 2.01. The number of rotatable bonds is 6. The molecule has 0 aliphatic heterocycles. The monoisotopic (exact) mass is 321 g/mol. The van der Waals surface area contributed by atoms with Crippen molar-refractivity contribution in [2.75, 3.05) is 20.8 Å². The van der Waals surface area contributed by atoms with Gasteiger partial charge < -0.3 is 19.9 Å². The summed E-state index contributed by atoms with van der Waals surface area (Å²) in [4.78, 5) is 13.1. The van der Waals surface area contributed by atoms with Crippen LogP contribution < -0.4 is 14.8 Å². The molecule has 5 nitrogen and oxygen atoms in total. The van der Waals surface area contributed by atoms with Gasteiger partial charge in [0.15, 0.2) is 0 Å². The van der Waals surface area contributed by atoms with Gasteiger partial charge in [0.05, 0.1) is 26.3 Å². The van der Waals surface area contributed by atoms with Crippen LogP contribution in [-0.2, 0) is 5.60 Å². The van der Waals surface area contributed by atoms with Gasteiger partial charge in [0.2, 0.25) is 0 Å². The summed E-state index contributed by atoms with van der Waals surface area (Å²) in [6, 6.07) is 8.67. The Morgan fingerprint density at radius 1 is 1.32 bits per heavy atom. The second kappa shape index (κ2) is 6.81. The lowest BCUT2D eigenvalue weighted by Gasteiger charge is -2.22. The molecule has 0 saturated carbocycles. The third kappa shape index (κ3) is 3.58. The van der Waals surface area contributed by atoms with E-state index in [9.17, 15) is 9.90 Å². The molecule has 0 aliphatic rings. The van der Waals surface area contributed by atoms with Crippen LogP contribution in [-0.4, -0.2) is 31.8 Å². The lowest BCUT2D eigenvalue weighted by Crippen LogP contribution is -2.38. The quantitative estimate of drug-likeness (QED) is 0.857. The minimum Gasteiger partial charge on any atom is -0.497 e. The van der Waals surface area contributed by atoms with Crippen molar-refractivity contribution in [3.63, 3.8) is 0 Å². The summed E-state index contributed by atoms with van der Waals surface area (Å²) in [5, 5.41) is 15.0. The fourth-order valence-corrected chi connectivity index (χ4v) is 2.79. The smallest absolute Gasteiger partial charge is 0.255 e. The number of ether oxygens (including phenoxy) is 2. The number of hydrogen-bond acceptors (Lipinski definition) is 5. The van der Waals surface area contributed by atoms with Crippen molar-refractivity contribution in [3.8, 4) is 11.5 Å². The van der Waals surface area contributed by atoms with Crippen LogP contribution >= 0.6 is 11.3 Å². The van der Waals surface area contributed by atoms with E-state index in [1.165, 1.54) is 18.4 Å². The van der Waals surface area contributed by atoms with Crippen molar-refractivity contribution in [1.82, 2.24) is 5.32 Å². The number of thiophene rings is 1. The van der Waals surface area contributed by atoms with E-state index >= 15 is 0 Å². The van der Waals surface area contributed by atoms with Gasteiger partial charge >= 0.3 is 0 Å². The summed E-state index contributed by atoms with van der Waals surface area (Å²) < 4.78 is 10.3. The number of benzene rings is 1. The first-order chi connectivity index (χ1) is 10.5. The third-order valence-electron chi connectivity index (χ3n) is 3.30. The summed E-state index contributed by atoms with van der Waals surface area (Å²) in [7, 11) is 3.04. The molecule has 118 valence electrons. The Bertz CT molecular complexity index is 638. The highest BCUT2D eigenvalue weighted by Crippen LogP contribution is 2.26. The van der Waals surface area contributed by atoms with Crippen LogP contribution in [0.15, 0.2) is 35.7 Å². The van der Waals surface area contributed by atoms with Crippen LogP contribution in [0.4, 0.5) is 0 Å². The minimum absolute atomic E-state index is 0.113. The Kier molecular flexibility index (Phi) is 5.05. The lowest BCUT2D eigenvalue weighted by atomic mass is 10.0. The van der Waals surface area contributed by atoms with Crippen LogP contribution in [0.5, 0.6) is 11.5 Å². The van der Waals surface area contributed by atoms with Crippen molar-refractivity contribution < 1.29 is 19.4 Å². The molecule has 1 atom stereocenters. The molecule has 0 aliphatic carbocycles. The molecule has 0 radical (unpaired) electrons. The summed E-state index contributed by atoms with van der Waals surface area (Å²) in [5.74, 6) is 0.725. The first-order valence-electron chi connectivity index (χ1n) is 6.74. The van der Waals surface area contributed by atoms with Crippen molar-refractivity contribution in [2.45, 2.75) is 12.5 Å². The van der Waals surface area contributed by atoms with Crippen LogP contribution in [0.1, 0.15) is 22.2 Å². The zero-order valence-electron chi connectivity index (χ0n) is 12.8. The number of methoxy groups -OCH3 is 2. The Labute approximate surface area is 133 Å². The van der Waals surface area contributed by atoms with Gasteiger partial charge in [-0.3, -0.25) is 4.79 Å². The second-order valence-corrected chi connectivity index (χ2v) is 5.95. The van der Waals surface area contributed by atoms with Crippen molar-refractivity contribution in [1.29, 1.82) is 0 Å². The van der Waals surface area contributed by atoms with Gasteiger partial charge in [0.1, 0.15) is 17.1 Å². The van der Waals surface area contributed by atoms with Gasteiger partial charge in [-0.1, -0.05) is 6.07 Å². The Hall–Kier alpha value is -2.05. The van der Waals surface area contributed by atoms with Crippen molar-refractivity contribution >= 4 is 17.2 Å². The first kappa shape index (κ1) is 16.3. The zero-order valence-corrected chi connectivity index (χ0v) is 13.6. The molecule has 1 unspecified atom stereocenters. The number of aliphatic hydroxyl groups is 1. The van der Waals surface area contributed by atoms with Gasteiger partial charge in [0.25, 0.3) is 5.91 Å². The Morgan fingerprint density at radius 3 is 2.68 bits per heavy atom. The highest BCUT2D eigenvalue weighted by Gasteiger charge is 2.25. The fraction of sp³-hybridized carbons (Fsp3) is 0.312. The summed E-state index contributed by atoms with van der Waals surface area (Å²) in [6.07, 6.45) is 0. The number of carbonyl (C=O) groups excluding carboxylic acids is 1. The highest BCUT2D eigenvalue weighted by atomic mass is 32.1. The SMILES string of the molecule is COc1ccc(C(=O)NCC(C)(O)c2cccs2)c(OC)c1. The van der Waals surface area contributed by atoms with Gasteiger partial charge in [-0.25, -0.2) is 0 Å². The molecule has 1 aromatic heterocycles. The molecule has 0 fully saturated rings. The molecule has 1 amide bonds. The maximum atomic E-state index is 12.3. The largest absolute Gasteiger partial charge is 0.497 e. The summed E-state index contributed by atoms with van der Waals surface area (Å²) in [6.45, 7) is 1.78. The molecular formula is C16H19NO4S. The van der Waals surface area contributed by atoms with E-state index in [4.69, 9.17) is 9.47 Å². The number of nitrogens with one attached hydrogen (secondary N) is 1. The molecule has 0 bridgehead atoms.